The van der Waals surface area contributed by atoms with E-state index in [0.29, 0.717) is 48.7 Å². The number of allylic oxidation sites excluding steroid dienone is 2. The zero-order chi connectivity index (χ0) is 64.1. The Labute approximate surface area is 545 Å². The first-order valence-electron chi connectivity index (χ1n) is 34.4. The Hall–Kier alpha value is -8.20. The average Bonchev–Trinajstić information content (AvgIpc) is 1.57. The number of ether oxygens (including phenoxy) is 4. The Morgan fingerprint density at radius 3 is 1.02 bits per heavy atom. The monoisotopic (exact) mass is 1220 g/mol. The predicted octanol–water partition coefficient (Wildman–Crippen LogP) is 21.2. The summed E-state index contributed by atoms with van der Waals surface area (Å²) in [5.41, 5.74) is 9.60. The van der Waals surface area contributed by atoms with Gasteiger partial charge in [0.1, 0.15) is 23.0 Å². The Balaban J connectivity index is 0.908. The lowest BCUT2D eigenvalue weighted by Gasteiger charge is -2.33. The molecule has 0 amide bonds. The molecule has 91 heavy (non-hydrogen) atoms. The van der Waals surface area contributed by atoms with Gasteiger partial charge in [0, 0.05) is 40.5 Å². The maximum absolute atomic E-state index is 13.2. The van der Waals surface area contributed by atoms with E-state index < -0.39 is 11.9 Å². The van der Waals surface area contributed by atoms with Gasteiger partial charge >= 0.3 is 11.9 Å². The van der Waals surface area contributed by atoms with Gasteiger partial charge in [-0.15, -0.1) is 0 Å². The maximum atomic E-state index is 13.2. The molecule has 0 N–H and O–H groups in total. The fourth-order valence-electron chi connectivity index (χ4n) is 12.1. The summed E-state index contributed by atoms with van der Waals surface area (Å²) >= 11 is 0. The largest absolute Gasteiger partial charge is 0.494 e. The number of hydrogen-bond acceptors (Lipinski definition) is 8. The lowest BCUT2D eigenvalue weighted by molar-refractivity contribution is -0.115. The first-order chi connectivity index (χ1) is 44.6. The van der Waals surface area contributed by atoms with Crippen molar-refractivity contribution in [3.05, 3.63) is 203 Å². The van der Waals surface area contributed by atoms with E-state index in [0.717, 1.165) is 111 Å². The molecule has 0 saturated carbocycles. The first-order valence-corrected chi connectivity index (χ1v) is 34.4. The standard InChI is InChI=1S/C83H98O8/c1-5-9-11-29-59-83(60-30-12-10-6-2)79-63-67(37-35-65-39-49-75(50-40-65)90-81(86)69-45-53-73(54-46-69)88-61-31-25-21-17-13-15-19-23-27-33-71(84)7-3)43-57-77(79)78-58-44-68(64-80(78)83)38-36-66-41-51-76(52-42-66)91-82(87)70-47-55-74(56-48-70)89-62-32-26-22-18-14-16-20-24-28-34-72(85)8-4/h7-8,39-58,63-64H,3-6,9-34,59-62H2,1-2H3. The van der Waals surface area contributed by atoms with Crippen molar-refractivity contribution in [3.63, 3.8) is 0 Å². The molecule has 0 spiro atoms. The zero-order valence-electron chi connectivity index (χ0n) is 54.7. The van der Waals surface area contributed by atoms with Crippen molar-refractivity contribution in [3.8, 4) is 57.8 Å². The summed E-state index contributed by atoms with van der Waals surface area (Å²) in [6.45, 7) is 12.9. The second-order valence-corrected chi connectivity index (χ2v) is 24.5. The number of unbranched alkanes of at least 4 members (excludes halogenated alkanes) is 22. The number of carbonyl (C=O) groups excluding carboxylic acids is 4. The molecule has 0 heterocycles. The van der Waals surface area contributed by atoms with Crippen molar-refractivity contribution < 1.29 is 38.1 Å². The highest BCUT2D eigenvalue weighted by Gasteiger charge is 2.42. The summed E-state index contributed by atoms with van der Waals surface area (Å²) in [4.78, 5) is 49.0. The molecule has 0 fully saturated rings. The van der Waals surface area contributed by atoms with Crippen LogP contribution in [0.15, 0.2) is 159 Å². The summed E-state index contributed by atoms with van der Waals surface area (Å²) in [7, 11) is 0. The molecule has 7 rings (SSSR count). The molecule has 8 heteroatoms. The smallest absolute Gasteiger partial charge is 0.343 e. The second kappa shape index (κ2) is 39.8. The summed E-state index contributed by atoms with van der Waals surface area (Å²) in [6, 6.07) is 42.6. The maximum Gasteiger partial charge on any atom is 0.343 e. The lowest BCUT2D eigenvalue weighted by atomic mass is 9.70. The Kier molecular flexibility index (Phi) is 30.7. The van der Waals surface area contributed by atoms with Gasteiger partial charge in [-0.3, -0.25) is 9.59 Å². The van der Waals surface area contributed by atoms with Crippen molar-refractivity contribution in [1.29, 1.82) is 0 Å². The van der Waals surface area contributed by atoms with Crippen LogP contribution in [0.5, 0.6) is 23.0 Å². The van der Waals surface area contributed by atoms with Crippen molar-refractivity contribution >= 4 is 23.5 Å². The van der Waals surface area contributed by atoms with Crippen LogP contribution in [0, 0.1) is 23.7 Å². The molecule has 1 aliphatic carbocycles. The first kappa shape index (κ1) is 70.3. The highest BCUT2D eigenvalue weighted by molar-refractivity contribution is 5.92. The molecule has 0 bridgehead atoms. The van der Waals surface area contributed by atoms with Crippen LogP contribution < -0.4 is 18.9 Å². The molecule has 0 saturated heterocycles. The fraction of sp³-hybridized carbons (Fsp3) is 0.422. The van der Waals surface area contributed by atoms with Crippen LogP contribution >= 0.6 is 0 Å². The van der Waals surface area contributed by atoms with Crippen LogP contribution in [0.4, 0.5) is 0 Å². The number of benzene rings is 6. The van der Waals surface area contributed by atoms with E-state index in [1.807, 2.05) is 48.5 Å². The van der Waals surface area contributed by atoms with Gasteiger partial charge in [0.05, 0.1) is 24.3 Å². The molecule has 0 unspecified atom stereocenters. The highest BCUT2D eigenvalue weighted by atomic mass is 16.5. The van der Waals surface area contributed by atoms with E-state index in [-0.39, 0.29) is 17.0 Å². The van der Waals surface area contributed by atoms with E-state index >= 15 is 0 Å². The van der Waals surface area contributed by atoms with Gasteiger partial charge in [0.25, 0.3) is 0 Å². The fourth-order valence-corrected chi connectivity index (χ4v) is 12.1. The van der Waals surface area contributed by atoms with Crippen molar-refractivity contribution in [1.82, 2.24) is 0 Å². The van der Waals surface area contributed by atoms with Gasteiger partial charge in [0.15, 0.2) is 11.6 Å². The topological polar surface area (TPSA) is 105 Å². The third kappa shape index (κ3) is 23.8. The van der Waals surface area contributed by atoms with Crippen LogP contribution in [0.2, 0.25) is 0 Å². The van der Waals surface area contributed by atoms with E-state index in [1.165, 1.54) is 137 Å². The van der Waals surface area contributed by atoms with Crippen LogP contribution in [0.3, 0.4) is 0 Å². The SMILES string of the molecule is C=CC(=O)CCCCCCCCCCCOc1ccc(C(=O)Oc2ccc(C#Cc3ccc4c(c3)C(CCCCCC)(CCCCCC)c3cc(C#Cc5ccc(OC(=O)c6ccc(OCCCCCCCCCCCC(=O)C=C)cc6)cc5)ccc3-4)cc2)cc1. The van der Waals surface area contributed by atoms with Gasteiger partial charge in [-0.05, 0) is 194 Å². The lowest BCUT2D eigenvalue weighted by Crippen LogP contribution is -2.26. The highest BCUT2D eigenvalue weighted by Crippen LogP contribution is 2.54. The molecule has 1 aliphatic rings. The van der Waals surface area contributed by atoms with Gasteiger partial charge in [0.2, 0.25) is 0 Å². The van der Waals surface area contributed by atoms with Crippen molar-refractivity contribution in [2.45, 2.75) is 212 Å². The number of hydrogen-bond donors (Lipinski definition) is 0. The molecule has 8 nitrogen and oxygen atoms in total. The molecule has 0 radical (unpaired) electrons. The third-order valence-corrected chi connectivity index (χ3v) is 17.4. The molecule has 6 aromatic rings. The molecular weight excluding hydrogens is 1120 g/mol. The number of carbonyl (C=O) groups is 4. The van der Waals surface area contributed by atoms with Gasteiger partial charge < -0.3 is 18.9 Å². The Morgan fingerprint density at radius 1 is 0.363 bits per heavy atom. The van der Waals surface area contributed by atoms with E-state index in [9.17, 15) is 19.2 Å². The zero-order valence-corrected chi connectivity index (χ0v) is 54.7. The minimum absolute atomic E-state index is 0.143. The molecular formula is C83H98O8. The summed E-state index contributed by atoms with van der Waals surface area (Å²) in [6.07, 6.45) is 36.1. The van der Waals surface area contributed by atoms with Crippen LogP contribution in [-0.2, 0) is 15.0 Å². The van der Waals surface area contributed by atoms with Gasteiger partial charge in [-0.2, -0.15) is 0 Å². The minimum atomic E-state index is -0.428. The predicted molar refractivity (Wildman–Crippen MR) is 372 cm³/mol. The van der Waals surface area contributed by atoms with E-state index in [1.54, 1.807) is 48.5 Å². The number of rotatable bonds is 42. The van der Waals surface area contributed by atoms with Crippen LogP contribution in [-0.4, -0.2) is 36.7 Å². The normalized spacial score (nSPS) is 11.7. The van der Waals surface area contributed by atoms with Gasteiger partial charge in [-0.1, -0.05) is 204 Å². The quantitative estimate of drug-likeness (QED) is 0.0123. The van der Waals surface area contributed by atoms with Gasteiger partial charge in [-0.25, -0.2) is 9.59 Å². The molecule has 6 aromatic carbocycles. The van der Waals surface area contributed by atoms with E-state index in [4.69, 9.17) is 18.9 Å². The third-order valence-electron chi connectivity index (χ3n) is 17.4. The Morgan fingerprint density at radius 2 is 0.670 bits per heavy atom. The number of esters is 2. The molecule has 0 atom stereocenters. The Bertz CT molecular complexity index is 3140. The summed E-state index contributed by atoms with van der Waals surface area (Å²) in [5.74, 6) is 15.6. The van der Waals surface area contributed by atoms with Crippen LogP contribution in [0.1, 0.15) is 261 Å². The van der Waals surface area contributed by atoms with Crippen molar-refractivity contribution in [2.75, 3.05) is 13.2 Å². The average molecular weight is 1220 g/mol. The number of fused-ring (bicyclic) bond motifs is 3. The molecule has 478 valence electrons. The van der Waals surface area contributed by atoms with E-state index in [2.05, 4.69) is 87.1 Å². The second-order valence-electron chi connectivity index (χ2n) is 24.5. The van der Waals surface area contributed by atoms with Crippen molar-refractivity contribution in [2.24, 2.45) is 0 Å². The minimum Gasteiger partial charge on any atom is -0.494 e. The summed E-state index contributed by atoms with van der Waals surface area (Å²) < 4.78 is 23.5. The molecule has 0 aromatic heterocycles. The summed E-state index contributed by atoms with van der Waals surface area (Å²) in [5, 5.41) is 0. The number of ketones is 2. The molecule has 0 aliphatic heterocycles. The van der Waals surface area contributed by atoms with Crippen LogP contribution in [0.25, 0.3) is 11.1 Å².